The highest BCUT2D eigenvalue weighted by Crippen LogP contribution is 2.27. The van der Waals surface area contributed by atoms with Crippen LogP contribution in [-0.4, -0.2) is 38.8 Å². The molecule has 0 atom stereocenters. The van der Waals surface area contributed by atoms with Gasteiger partial charge in [-0.2, -0.15) is 0 Å². The van der Waals surface area contributed by atoms with Crippen molar-refractivity contribution in [3.05, 3.63) is 0 Å². The lowest BCUT2D eigenvalue weighted by molar-refractivity contribution is -0.120. The number of ether oxygens (including phenoxy) is 1. The SMILES string of the molecule is Cl.O=C(CNCC1CC1)NCCC1CCOCC1. The fourth-order valence-electron chi connectivity index (χ4n) is 2.23. The second kappa shape index (κ2) is 8.73. The van der Waals surface area contributed by atoms with Crippen molar-refractivity contribution < 1.29 is 9.53 Å². The third-order valence-corrected chi connectivity index (χ3v) is 3.63. The fraction of sp³-hybridized carbons (Fsp3) is 0.923. The van der Waals surface area contributed by atoms with Gasteiger partial charge in [0.1, 0.15) is 0 Å². The summed E-state index contributed by atoms with van der Waals surface area (Å²) in [6, 6.07) is 0. The smallest absolute Gasteiger partial charge is 0.233 e. The van der Waals surface area contributed by atoms with E-state index in [0.717, 1.165) is 57.4 Å². The third-order valence-electron chi connectivity index (χ3n) is 3.63. The summed E-state index contributed by atoms with van der Waals surface area (Å²) in [5, 5.41) is 6.19. The van der Waals surface area contributed by atoms with Gasteiger partial charge in [0.2, 0.25) is 5.91 Å². The van der Waals surface area contributed by atoms with Gasteiger partial charge in [0, 0.05) is 19.8 Å². The Kier molecular flexibility index (Phi) is 7.63. The van der Waals surface area contributed by atoms with Crippen LogP contribution in [0.1, 0.15) is 32.1 Å². The first-order chi connectivity index (χ1) is 8.34. The van der Waals surface area contributed by atoms with Gasteiger partial charge in [-0.1, -0.05) is 0 Å². The topological polar surface area (TPSA) is 50.4 Å². The Hall–Kier alpha value is -0.320. The van der Waals surface area contributed by atoms with E-state index in [9.17, 15) is 4.79 Å². The molecule has 2 aliphatic rings. The molecule has 1 saturated carbocycles. The van der Waals surface area contributed by atoms with E-state index >= 15 is 0 Å². The van der Waals surface area contributed by atoms with Gasteiger partial charge in [0.25, 0.3) is 0 Å². The van der Waals surface area contributed by atoms with E-state index in [1.807, 2.05) is 0 Å². The molecule has 0 aromatic heterocycles. The Morgan fingerprint density at radius 2 is 1.83 bits per heavy atom. The minimum Gasteiger partial charge on any atom is -0.381 e. The third kappa shape index (κ3) is 6.57. The number of hydrogen-bond donors (Lipinski definition) is 2. The van der Waals surface area contributed by atoms with Crippen LogP contribution >= 0.6 is 12.4 Å². The highest BCUT2D eigenvalue weighted by Gasteiger charge is 2.20. The van der Waals surface area contributed by atoms with E-state index in [-0.39, 0.29) is 18.3 Å². The van der Waals surface area contributed by atoms with Crippen LogP contribution in [0.4, 0.5) is 0 Å². The summed E-state index contributed by atoms with van der Waals surface area (Å²) in [4.78, 5) is 11.5. The summed E-state index contributed by atoms with van der Waals surface area (Å²) in [6.45, 7) is 4.08. The molecule has 5 heteroatoms. The van der Waals surface area contributed by atoms with Crippen LogP contribution in [0.15, 0.2) is 0 Å². The zero-order valence-corrected chi connectivity index (χ0v) is 11.8. The first-order valence-electron chi connectivity index (χ1n) is 6.90. The Balaban J connectivity index is 0.00000162. The molecule has 0 unspecified atom stereocenters. The summed E-state index contributed by atoms with van der Waals surface area (Å²) in [7, 11) is 0. The summed E-state index contributed by atoms with van der Waals surface area (Å²) < 4.78 is 5.31. The predicted octanol–water partition coefficient (Wildman–Crippen LogP) is 1.34. The zero-order chi connectivity index (χ0) is 11.9. The minimum atomic E-state index is 0. The van der Waals surface area contributed by atoms with Crippen molar-refractivity contribution >= 4 is 18.3 Å². The van der Waals surface area contributed by atoms with E-state index in [1.54, 1.807) is 0 Å². The molecule has 0 spiro atoms. The highest BCUT2D eigenvalue weighted by molar-refractivity contribution is 5.85. The van der Waals surface area contributed by atoms with Gasteiger partial charge < -0.3 is 15.4 Å². The lowest BCUT2D eigenvalue weighted by Crippen LogP contribution is -2.36. The highest BCUT2D eigenvalue weighted by atomic mass is 35.5. The number of nitrogens with one attached hydrogen (secondary N) is 2. The number of amides is 1. The first kappa shape index (κ1) is 15.7. The molecule has 4 nitrogen and oxygen atoms in total. The second-order valence-electron chi connectivity index (χ2n) is 5.27. The Labute approximate surface area is 116 Å². The summed E-state index contributed by atoms with van der Waals surface area (Å²) in [6.07, 6.45) is 6.06. The lowest BCUT2D eigenvalue weighted by Gasteiger charge is -2.21. The molecule has 1 saturated heterocycles. The molecule has 0 bridgehead atoms. The molecule has 18 heavy (non-hydrogen) atoms. The van der Waals surface area contributed by atoms with E-state index in [2.05, 4.69) is 10.6 Å². The average molecular weight is 277 g/mol. The van der Waals surface area contributed by atoms with E-state index < -0.39 is 0 Å². The molecular weight excluding hydrogens is 252 g/mol. The molecular formula is C13H25ClN2O2. The lowest BCUT2D eigenvalue weighted by atomic mass is 9.97. The molecule has 1 amide bonds. The van der Waals surface area contributed by atoms with Crippen LogP contribution < -0.4 is 10.6 Å². The zero-order valence-electron chi connectivity index (χ0n) is 11.0. The van der Waals surface area contributed by atoms with Crippen LogP contribution in [0.5, 0.6) is 0 Å². The fourth-order valence-corrected chi connectivity index (χ4v) is 2.23. The predicted molar refractivity (Wildman–Crippen MR) is 74.0 cm³/mol. The van der Waals surface area contributed by atoms with Gasteiger partial charge in [-0.25, -0.2) is 0 Å². The van der Waals surface area contributed by atoms with Crippen molar-refractivity contribution in [3.63, 3.8) is 0 Å². The molecule has 106 valence electrons. The molecule has 1 heterocycles. The maximum Gasteiger partial charge on any atom is 0.233 e. The second-order valence-corrected chi connectivity index (χ2v) is 5.27. The first-order valence-corrected chi connectivity index (χ1v) is 6.90. The maximum absolute atomic E-state index is 11.5. The Morgan fingerprint density at radius 3 is 2.50 bits per heavy atom. The van der Waals surface area contributed by atoms with Crippen molar-refractivity contribution in [3.8, 4) is 0 Å². The van der Waals surface area contributed by atoms with E-state index in [0.29, 0.717) is 6.54 Å². The van der Waals surface area contributed by atoms with Gasteiger partial charge in [-0.15, -0.1) is 12.4 Å². The van der Waals surface area contributed by atoms with Gasteiger partial charge in [0.15, 0.2) is 0 Å². The van der Waals surface area contributed by atoms with Gasteiger partial charge in [0.05, 0.1) is 6.54 Å². The standard InChI is InChI=1S/C13H24N2O2.ClH/c16-13(10-14-9-12-1-2-12)15-6-3-11-4-7-17-8-5-11;/h11-12,14H,1-10H2,(H,15,16);1H. The minimum absolute atomic E-state index is 0. The average Bonchev–Trinajstić information content (AvgIpc) is 3.14. The van der Waals surface area contributed by atoms with E-state index in [1.165, 1.54) is 12.8 Å². The van der Waals surface area contributed by atoms with Crippen molar-refractivity contribution in [2.45, 2.75) is 32.1 Å². The normalized spacial score (nSPS) is 20.2. The van der Waals surface area contributed by atoms with Gasteiger partial charge in [-0.05, 0) is 50.5 Å². The molecule has 1 aliphatic heterocycles. The van der Waals surface area contributed by atoms with Crippen molar-refractivity contribution in [1.29, 1.82) is 0 Å². The molecule has 2 fully saturated rings. The van der Waals surface area contributed by atoms with Crippen molar-refractivity contribution in [2.75, 3.05) is 32.8 Å². The molecule has 0 aromatic carbocycles. The molecule has 0 aromatic rings. The quantitative estimate of drug-likeness (QED) is 0.738. The Bertz CT molecular complexity index is 241. The summed E-state index contributed by atoms with van der Waals surface area (Å²) in [5.74, 6) is 1.71. The van der Waals surface area contributed by atoms with Crippen LogP contribution in [0.3, 0.4) is 0 Å². The van der Waals surface area contributed by atoms with Crippen LogP contribution in [0, 0.1) is 11.8 Å². The van der Waals surface area contributed by atoms with Gasteiger partial charge in [-0.3, -0.25) is 4.79 Å². The van der Waals surface area contributed by atoms with Crippen molar-refractivity contribution in [2.24, 2.45) is 11.8 Å². The Morgan fingerprint density at radius 1 is 1.11 bits per heavy atom. The number of rotatable bonds is 7. The van der Waals surface area contributed by atoms with Crippen LogP contribution in [0.25, 0.3) is 0 Å². The maximum atomic E-state index is 11.5. The van der Waals surface area contributed by atoms with E-state index in [4.69, 9.17) is 4.74 Å². The number of halogens is 1. The molecule has 2 N–H and O–H groups in total. The number of hydrogen-bond acceptors (Lipinski definition) is 3. The van der Waals surface area contributed by atoms with Crippen molar-refractivity contribution in [1.82, 2.24) is 10.6 Å². The summed E-state index contributed by atoms with van der Waals surface area (Å²) >= 11 is 0. The van der Waals surface area contributed by atoms with Gasteiger partial charge >= 0.3 is 0 Å². The molecule has 0 radical (unpaired) electrons. The number of carbonyl (C=O) groups excluding carboxylic acids is 1. The monoisotopic (exact) mass is 276 g/mol. The molecule has 2 rings (SSSR count). The largest absolute Gasteiger partial charge is 0.381 e. The summed E-state index contributed by atoms with van der Waals surface area (Å²) in [5.41, 5.74) is 0. The van der Waals surface area contributed by atoms with Crippen LogP contribution in [0.2, 0.25) is 0 Å². The van der Waals surface area contributed by atoms with Crippen LogP contribution in [-0.2, 0) is 9.53 Å². The number of carbonyl (C=O) groups is 1. The molecule has 1 aliphatic carbocycles.